The van der Waals surface area contributed by atoms with E-state index in [2.05, 4.69) is 11.8 Å². The lowest BCUT2D eigenvalue weighted by atomic mass is 9.95. The molecule has 2 fully saturated rings. The highest BCUT2D eigenvalue weighted by atomic mass is 16.5. The summed E-state index contributed by atoms with van der Waals surface area (Å²) in [5.41, 5.74) is 3.66. The molecule has 3 heterocycles. The van der Waals surface area contributed by atoms with E-state index in [1.165, 1.54) is 24.1 Å². The van der Waals surface area contributed by atoms with Gasteiger partial charge in [0.15, 0.2) is 0 Å². The lowest BCUT2D eigenvalue weighted by molar-refractivity contribution is -0.133. The fourth-order valence-electron chi connectivity index (χ4n) is 3.97. The van der Waals surface area contributed by atoms with Crippen LogP contribution in [0, 0.1) is 12.8 Å². The topological polar surface area (TPSA) is 58.6 Å². The van der Waals surface area contributed by atoms with Crippen molar-refractivity contribution in [2.24, 2.45) is 5.92 Å². The molecule has 2 atom stereocenters. The summed E-state index contributed by atoms with van der Waals surface area (Å²) in [4.78, 5) is 26.2. The van der Waals surface area contributed by atoms with E-state index in [0.29, 0.717) is 19.8 Å². The number of anilines is 1. The minimum absolute atomic E-state index is 0.0786. The van der Waals surface area contributed by atoms with Gasteiger partial charge in [-0.15, -0.1) is 0 Å². The number of ether oxygens (including phenoxy) is 1. The van der Waals surface area contributed by atoms with E-state index in [4.69, 9.17) is 14.7 Å². The Bertz CT molecular complexity index is 633. The molecule has 2 bridgehead atoms. The molecule has 124 valence electrons. The molecule has 2 saturated heterocycles. The standard InChI is InChI=1S/C17H24N4O2/c1-11-14-5-3-4-6-15(14)19-17(18-11)21-7-12-9-23-10-13(8-21)20(2)16(12)22/h12-13H,3-10H2,1-2H3/t12-,13+/m1/s1. The molecule has 1 aromatic heterocycles. The van der Waals surface area contributed by atoms with Crippen molar-refractivity contribution in [2.75, 3.05) is 38.3 Å². The first kappa shape index (κ1) is 14.9. The SMILES string of the molecule is Cc1nc(N2C[C@@H]3COC[C@H](C2)N(C)C3=O)nc2c1CCCC2. The second kappa shape index (κ2) is 5.74. The molecule has 3 aliphatic rings. The molecule has 4 rings (SSSR count). The van der Waals surface area contributed by atoms with Crippen LogP contribution in [0.3, 0.4) is 0 Å². The monoisotopic (exact) mass is 316 g/mol. The van der Waals surface area contributed by atoms with Crippen molar-refractivity contribution in [3.63, 3.8) is 0 Å². The lowest BCUT2D eigenvalue weighted by Crippen LogP contribution is -2.43. The third-order valence-corrected chi connectivity index (χ3v) is 5.41. The molecule has 0 unspecified atom stereocenters. The van der Waals surface area contributed by atoms with E-state index in [-0.39, 0.29) is 17.9 Å². The fourth-order valence-corrected chi connectivity index (χ4v) is 3.97. The van der Waals surface area contributed by atoms with Gasteiger partial charge in [-0.05, 0) is 38.2 Å². The summed E-state index contributed by atoms with van der Waals surface area (Å²) in [5.74, 6) is 0.861. The van der Waals surface area contributed by atoms with E-state index < -0.39 is 0 Å². The van der Waals surface area contributed by atoms with Gasteiger partial charge in [0, 0.05) is 31.5 Å². The molecule has 0 spiro atoms. The van der Waals surface area contributed by atoms with E-state index >= 15 is 0 Å². The van der Waals surface area contributed by atoms with Crippen LogP contribution in [-0.4, -0.2) is 60.2 Å². The van der Waals surface area contributed by atoms with Gasteiger partial charge in [-0.25, -0.2) is 9.97 Å². The van der Waals surface area contributed by atoms with Gasteiger partial charge >= 0.3 is 0 Å². The maximum Gasteiger partial charge on any atom is 0.229 e. The molecule has 6 heteroatoms. The van der Waals surface area contributed by atoms with Crippen LogP contribution >= 0.6 is 0 Å². The number of fused-ring (bicyclic) bond motifs is 4. The van der Waals surface area contributed by atoms with E-state index in [1.807, 2.05) is 11.9 Å². The number of carbonyl (C=O) groups is 1. The van der Waals surface area contributed by atoms with Gasteiger partial charge in [0.1, 0.15) is 0 Å². The highest BCUT2D eigenvalue weighted by molar-refractivity contribution is 5.80. The van der Waals surface area contributed by atoms with Crippen LogP contribution in [0.5, 0.6) is 0 Å². The van der Waals surface area contributed by atoms with Crippen molar-refractivity contribution in [3.05, 3.63) is 17.0 Å². The summed E-state index contributed by atoms with van der Waals surface area (Å²) in [7, 11) is 1.89. The average molecular weight is 316 g/mol. The van der Waals surface area contributed by atoms with Gasteiger partial charge in [0.2, 0.25) is 11.9 Å². The quantitative estimate of drug-likeness (QED) is 0.772. The predicted octanol–water partition coefficient (Wildman–Crippen LogP) is 0.957. The van der Waals surface area contributed by atoms with Crippen molar-refractivity contribution in [1.29, 1.82) is 0 Å². The Labute approximate surface area is 136 Å². The third kappa shape index (κ3) is 2.59. The number of hydrogen-bond acceptors (Lipinski definition) is 5. The van der Waals surface area contributed by atoms with Gasteiger partial charge in [-0.1, -0.05) is 0 Å². The van der Waals surface area contributed by atoms with Crippen LogP contribution in [-0.2, 0) is 22.4 Å². The molecule has 0 radical (unpaired) electrons. The average Bonchev–Trinajstić information content (AvgIpc) is 2.73. The summed E-state index contributed by atoms with van der Waals surface area (Å²) in [6, 6.07) is 0.0786. The molecule has 1 aromatic rings. The van der Waals surface area contributed by atoms with Crippen molar-refractivity contribution in [2.45, 2.75) is 38.6 Å². The smallest absolute Gasteiger partial charge is 0.229 e. The van der Waals surface area contributed by atoms with Crippen molar-refractivity contribution in [3.8, 4) is 0 Å². The van der Waals surface area contributed by atoms with Crippen molar-refractivity contribution < 1.29 is 9.53 Å². The number of nitrogens with zero attached hydrogens (tertiary/aromatic N) is 4. The van der Waals surface area contributed by atoms with E-state index in [1.54, 1.807) is 0 Å². The summed E-state index contributed by atoms with van der Waals surface area (Å²) in [6.07, 6.45) is 4.60. The summed E-state index contributed by atoms with van der Waals surface area (Å²) < 4.78 is 5.67. The van der Waals surface area contributed by atoms with Crippen molar-refractivity contribution >= 4 is 11.9 Å². The summed E-state index contributed by atoms with van der Waals surface area (Å²) in [5, 5.41) is 0. The van der Waals surface area contributed by atoms with Gasteiger partial charge < -0.3 is 14.5 Å². The largest absolute Gasteiger partial charge is 0.378 e. The number of likely N-dealkylation sites (N-methyl/N-ethyl adjacent to an activating group) is 1. The zero-order valence-corrected chi connectivity index (χ0v) is 13.9. The van der Waals surface area contributed by atoms with Crippen LogP contribution in [0.4, 0.5) is 5.95 Å². The number of carbonyl (C=O) groups excluding carboxylic acids is 1. The zero-order chi connectivity index (χ0) is 16.0. The predicted molar refractivity (Wildman–Crippen MR) is 86.5 cm³/mol. The Hall–Kier alpha value is -1.69. The number of hydrogen-bond donors (Lipinski definition) is 0. The minimum Gasteiger partial charge on any atom is -0.378 e. The van der Waals surface area contributed by atoms with Crippen LogP contribution in [0.15, 0.2) is 0 Å². The van der Waals surface area contributed by atoms with Gasteiger partial charge in [-0.3, -0.25) is 4.79 Å². The van der Waals surface area contributed by atoms with Gasteiger partial charge in [0.25, 0.3) is 0 Å². The van der Waals surface area contributed by atoms with Crippen molar-refractivity contribution in [1.82, 2.24) is 14.9 Å². The fraction of sp³-hybridized carbons (Fsp3) is 0.706. The Morgan fingerprint density at radius 1 is 1.13 bits per heavy atom. The van der Waals surface area contributed by atoms with Gasteiger partial charge in [-0.2, -0.15) is 0 Å². The molecule has 2 aliphatic heterocycles. The molecular weight excluding hydrogens is 292 g/mol. The Balaban J connectivity index is 1.68. The molecule has 0 aromatic carbocycles. The number of amides is 1. The van der Waals surface area contributed by atoms with E-state index in [9.17, 15) is 4.79 Å². The molecule has 0 saturated carbocycles. The zero-order valence-electron chi connectivity index (χ0n) is 13.9. The maximum absolute atomic E-state index is 12.5. The highest BCUT2D eigenvalue weighted by Gasteiger charge is 2.38. The Morgan fingerprint density at radius 2 is 1.96 bits per heavy atom. The molecular formula is C17H24N4O2. The summed E-state index contributed by atoms with van der Waals surface area (Å²) in [6.45, 7) is 4.59. The minimum atomic E-state index is -0.118. The van der Waals surface area contributed by atoms with Crippen LogP contribution in [0.25, 0.3) is 0 Å². The van der Waals surface area contributed by atoms with E-state index in [0.717, 1.165) is 31.0 Å². The number of aryl methyl sites for hydroxylation is 2. The molecule has 23 heavy (non-hydrogen) atoms. The van der Waals surface area contributed by atoms with Crippen LogP contribution < -0.4 is 4.90 Å². The normalized spacial score (nSPS) is 27.7. The Morgan fingerprint density at radius 3 is 2.83 bits per heavy atom. The second-order valence-corrected chi connectivity index (χ2v) is 6.98. The Kier molecular flexibility index (Phi) is 3.71. The molecule has 1 aliphatic carbocycles. The first-order valence-corrected chi connectivity index (χ1v) is 8.59. The van der Waals surface area contributed by atoms with Gasteiger partial charge in [0.05, 0.1) is 25.2 Å². The molecule has 6 nitrogen and oxygen atoms in total. The summed E-state index contributed by atoms with van der Waals surface area (Å²) >= 11 is 0. The van der Waals surface area contributed by atoms with Crippen LogP contribution in [0.2, 0.25) is 0 Å². The molecule has 0 N–H and O–H groups in total. The maximum atomic E-state index is 12.5. The highest BCUT2D eigenvalue weighted by Crippen LogP contribution is 2.27. The third-order valence-electron chi connectivity index (χ3n) is 5.41. The first-order chi connectivity index (χ1) is 11.1. The van der Waals surface area contributed by atoms with Crippen LogP contribution in [0.1, 0.15) is 29.8 Å². The lowest BCUT2D eigenvalue weighted by Gasteiger charge is -2.30. The molecule has 1 amide bonds. The second-order valence-electron chi connectivity index (χ2n) is 6.98. The number of rotatable bonds is 1. The first-order valence-electron chi connectivity index (χ1n) is 8.59. The number of aromatic nitrogens is 2.